The Morgan fingerprint density at radius 1 is 1.19 bits per heavy atom. The molecule has 0 spiro atoms. The Labute approximate surface area is 162 Å². The van der Waals surface area contributed by atoms with Crippen LogP contribution < -0.4 is 5.32 Å². The zero-order valence-corrected chi connectivity index (χ0v) is 16.2. The minimum Gasteiger partial charge on any atom is -0.420 e. The molecule has 0 radical (unpaired) electrons. The molecule has 0 bridgehead atoms. The molecule has 2 aromatic heterocycles. The Kier molecular flexibility index (Phi) is 5.34. The third-order valence-corrected chi connectivity index (χ3v) is 6.03. The number of rotatable bonds is 5. The molecular formula is C21H23N3O2S. The van der Waals surface area contributed by atoms with Gasteiger partial charge in [0.1, 0.15) is 0 Å². The van der Waals surface area contributed by atoms with E-state index in [0.29, 0.717) is 17.7 Å². The Morgan fingerprint density at radius 3 is 2.74 bits per heavy atom. The summed E-state index contributed by atoms with van der Waals surface area (Å²) in [6.07, 6.45) is 4.18. The number of nitrogens with zero attached hydrogens (tertiary/aromatic N) is 2. The molecular weight excluding hydrogens is 358 g/mol. The molecule has 1 aliphatic rings. The molecule has 0 atom stereocenters. The van der Waals surface area contributed by atoms with E-state index in [-0.39, 0.29) is 5.91 Å². The summed E-state index contributed by atoms with van der Waals surface area (Å²) in [4.78, 5) is 12.4. The van der Waals surface area contributed by atoms with Crippen LogP contribution in [-0.2, 0) is 0 Å². The van der Waals surface area contributed by atoms with Gasteiger partial charge in [-0.25, -0.2) is 0 Å². The lowest BCUT2D eigenvalue weighted by atomic mass is 9.82. The van der Waals surface area contributed by atoms with Gasteiger partial charge in [-0.15, -0.1) is 10.2 Å². The van der Waals surface area contributed by atoms with Crippen molar-refractivity contribution in [3.05, 3.63) is 58.1 Å². The van der Waals surface area contributed by atoms with Gasteiger partial charge in [0.05, 0.1) is 0 Å². The number of aryl methyl sites for hydroxylation is 1. The Hall–Kier alpha value is -2.47. The highest BCUT2D eigenvalue weighted by Gasteiger charge is 2.27. The smallest absolute Gasteiger partial charge is 0.251 e. The van der Waals surface area contributed by atoms with E-state index in [1.165, 1.54) is 0 Å². The predicted molar refractivity (Wildman–Crippen MR) is 106 cm³/mol. The van der Waals surface area contributed by atoms with Gasteiger partial charge in [-0.05, 0) is 61.6 Å². The van der Waals surface area contributed by atoms with E-state index in [2.05, 4.69) is 15.5 Å². The first kappa shape index (κ1) is 17.9. The average molecular weight is 382 g/mol. The fourth-order valence-electron chi connectivity index (χ4n) is 3.68. The lowest BCUT2D eigenvalue weighted by molar-refractivity contribution is 0.0941. The summed E-state index contributed by atoms with van der Waals surface area (Å²) in [7, 11) is 0. The van der Waals surface area contributed by atoms with Crippen LogP contribution >= 0.6 is 11.3 Å². The van der Waals surface area contributed by atoms with Crippen LogP contribution in [0.25, 0.3) is 11.5 Å². The molecule has 0 aliphatic heterocycles. The van der Waals surface area contributed by atoms with Gasteiger partial charge in [0.25, 0.3) is 5.91 Å². The first-order valence-electron chi connectivity index (χ1n) is 9.40. The second-order valence-electron chi connectivity index (χ2n) is 7.20. The number of hydrogen-bond donors (Lipinski definition) is 1. The van der Waals surface area contributed by atoms with E-state index >= 15 is 0 Å². The molecule has 1 fully saturated rings. The van der Waals surface area contributed by atoms with Crippen molar-refractivity contribution in [3.63, 3.8) is 0 Å². The topological polar surface area (TPSA) is 68.0 Å². The summed E-state index contributed by atoms with van der Waals surface area (Å²) < 4.78 is 5.89. The zero-order chi connectivity index (χ0) is 18.6. The van der Waals surface area contributed by atoms with E-state index in [9.17, 15) is 4.79 Å². The number of hydrogen-bond acceptors (Lipinski definition) is 5. The lowest BCUT2D eigenvalue weighted by Gasteiger charge is -2.26. The standard InChI is InChI=1S/C21H23N3O2S/c1-14-4-2-3-5-18(14)19(25)22-12-15-6-8-16(9-7-15)20-23-24-21(26-20)17-10-11-27-13-17/h2-5,10-11,13,15-16H,6-9,12H2,1H3,(H,22,25). The van der Waals surface area contributed by atoms with Crippen molar-refractivity contribution < 1.29 is 9.21 Å². The van der Waals surface area contributed by atoms with Gasteiger partial charge in [0, 0.05) is 29.0 Å². The van der Waals surface area contributed by atoms with Gasteiger partial charge in [-0.2, -0.15) is 11.3 Å². The zero-order valence-electron chi connectivity index (χ0n) is 15.4. The van der Waals surface area contributed by atoms with Crippen LogP contribution in [-0.4, -0.2) is 22.6 Å². The minimum absolute atomic E-state index is 0.0209. The molecule has 140 valence electrons. The number of amides is 1. The molecule has 1 aromatic carbocycles. The maximum atomic E-state index is 12.4. The SMILES string of the molecule is Cc1ccccc1C(=O)NCC1CCC(c2nnc(-c3ccsc3)o2)CC1. The number of carbonyl (C=O) groups is 1. The summed E-state index contributed by atoms with van der Waals surface area (Å²) in [6, 6.07) is 9.70. The van der Waals surface area contributed by atoms with Gasteiger partial charge in [-0.3, -0.25) is 4.79 Å². The maximum absolute atomic E-state index is 12.4. The van der Waals surface area contributed by atoms with Crippen LogP contribution in [0.4, 0.5) is 0 Å². The van der Waals surface area contributed by atoms with E-state index in [1.54, 1.807) is 11.3 Å². The molecule has 3 aromatic rings. The summed E-state index contributed by atoms with van der Waals surface area (Å²) in [5.74, 6) is 2.21. The molecule has 4 rings (SSSR count). The van der Waals surface area contributed by atoms with Crippen molar-refractivity contribution in [2.45, 2.75) is 38.5 Å². The normalized spacial score (nSPS) is 19.7. The van der Waals surface area contributed by atoms with Gasteiger partial charge >= 0.3 is 0 Å². The summed E-state index contributed by atoms with van der Waals surface area (Å²) in [5, 5.41) is 15.6. The molecule has 1 amide bonds. The lowest BCUT2D eigenvalue weighted by Crippen LogP contribution is -2.31. The van der Waals surface area contributed by atoms with Crippen molar-refractivity contribution in [2.75, 3.05) is 6.54 Å². The Bertz CT molecular complexity index is 896. The average Bonchev–Trinajstić information content (AvgIpc) is 3.38. The molecule has 0 saturated heterocycles. The molecule has 6 heteroatoms. The quantitative estimate of drug-likeness (QED) is 0.689. The Morgan fingerprint density at radius 2 is 2.00 bits per heavy atom. The highest BCUT2D eigenvalue weighted by atomic mass is 32.1. The van der Waals surface area contributed by atoms with Gasteiger partial charge in [0.2, 0.25) is 11.8 Å². The van der Waals surface area contributed by atoms with Gasteiger partial charge in [-0.1, -0.05) is 18.2 Å². The molecule has 0 unspecified atom stereocenters. The number of nitrogens with one attached hydrogen (secondary N) is 1. The van der Waals surface area contributed by atoms with Crippen LogP contribution in [0.3, 0.4) is 0 Å². The van der Waals surface area contributed by atoms with Crippen LogP contribution in [0, 0.1) is 12.8 Å². The highest BCUT2D eigenvalue weighted by molar-refractivity contribution is 7.08. The van der Waals surface area contributed by atoms with Crippen LogP contribution in [0.1, 0.15) is 53.4 Å². The van der Waals surface area contributed by atoms with Crippen molar-refractivity contribution in [3.8, 4) is 11.5 Å². The van der Waals surface area contributed by atoms with Gasteiger partial charge in [0.15, 0.2) is 0 Å². The van der Waals surface area contributed by atoms with E-state index < -0.39 is 0 Å². The fourth-order valence-corrected chi connectivity index (χ4v) is 4.31. The molecule has 1 N–H and O–H groups in total. The van der Waals surface area contributed by atoms with Crippen LogP contribution in [0.5, 0.6) is 0 Å². The van der Waals surface area contributed by atoms with Crippen LogP contribution in [0.15, 0.2) is 45.5 Å². The third kappa shape index (κ3) is 4.11. The van der Waals surface area contributed by atoms with Gasteiger partial charge < -0.3 is 9.73 Å². The van der Waals surface area contributed by atoms with Crippen molar-refractivity contribution >= 4 is 17.2 Å². The number of benzene rings is 1. The highest BCUT2D eigenvalue weighted by Crippen LogP contribution is 2.36. The van der Waals surface area contributed by atoms with E-state index in [0.717, 1.165) is 54.8 Å². The van der Waals surface area contributed by atoms with E-state index in [1.807, 2.05) is 48.0 Å². The number of thiophene rings is 1. The van der Waals surface area contributed by atoms with Crippen molar-refractivity contribution in [1.82, 2.24) is 15.5 Å². The Balaban J connectivity index is 1.28. The van der Waals surface area contributed by atoms with Crippen molar-refractivity contribution in [1.29, 1.82) is 0 Å². The summed E-state index contributed by atoms with van der Waals surface area (Å²) in [6.45, 7) is 2.69. The largest absolute Gasteiger partial charge is 0.420 e. The predicted octanol–water partition coefficient (Wildman–Crippen LogP) is 4.81. The second kappa shape index (κ2) is 8.05. The second-order valence-corrected chi connectivity index (χ2v) is 7.98. The first-order chi connectivity index (χ1) is 13.2. The number of aromatic nitrogens is 2. The summed E-state index contributed by atoms with van der Waals surface area (Å²) in [5.41, 5.74) is 2.76. The molecule has 2 heterocycles. The molecule has 5 nitrogen and oxygen atoms in total. The van der Waals surface area contributed by atoms with E-state index in [4.69, 9.17) is 4.42 Å². The molecule has 27 heavy (non-hydrogen) atoms. The van der Waals surface area contributed by atoms with Crippen LogP contribution in [0.2, 0.25) is 0 Å². The monoisotopic (exact) mass is 381 g/mol. The molecule has 1 aliphatic carbocycles. The number of carbonyl (C=O) groups excluding carboxylic acids is 1. The molecule has 1 saturated carbocycles. The first-order valence-corrected chi connectivity index (χ1v) is 10.3. The summed E-state index contributed by atoms with van der Waals surface area (Å²) >= 11 is 1.62. The minimum atomic E-state index is 0.0209. The fraction of sp³-hybridized carbons (Fsp3) is 0.381. The maximum Gasteiger partial charge on any atom is 0.251 e. The van der Waals surface area contributed by atoms with Crippen molar-refractivity contribution in [2.24, 2.45) is 5.92 Å². The third-order valence-electron chi connectivity index (χ3n) is 5.35.